The van der Waals surface area contributed by atoms with Gasteiger partial charge in [-0.05, 0) is 36.6 Å². The lowest BCUT2D eigenvalue weighted by atomic mass is 10.0. The van der Waals surface area contributed by atoms with Crippen LogP contribution in [0.5, 0.6) is 11.5 Å². The van der Waals surface area contributed by atoms with E-state index in [2.05, 4.69) is 24.3 Å². The molecule has 3 heteroatoms. The van der Waals surface area contributed by atoms with Crippen LogP contribution in [0.25, 0.3) is 0 Å². The number of rotatable bonds is 4. The molecule has 1 atom stereocenters. The number of hydrogen-bond acceptors (Lipinski definition) is 3. The Morgan fingerprint density at radius 3 is 2.52 bits per heavy atom. The smallest absolute Gasteiger partial charge is 0.128 e. The van der Waals surface area contributed by atoms with E-state index in [0.29, 0.717) is 0 Å². The quantitative estimate of drug-likeness (QED) is 0.847. The average Bonchev–Trinajstić information content (AvgIpc) is 3.05. The molecule has 1 aliphatic rings. The van der Waals surface area contributed by atoms with Crippen LogP contribution >= 0.6 is 0 Å². The summed E-state index contributed by atoms with van der Waals surface area (Å²) < 4.78 is 10.8. The first kappa shape index (κ1) is 13.7. The maximum absolute atomic E-state index is 5.46. The molecule has 0 saturated heterocycles. The van der Waals surface area contributed by atoms with Gasteiger partial charge in [0.1, 0.15) is 11.5 Å². The van der Waals surface area contributed by atoms with Crippen LogP contribution in [0.4, 0.5) is 0 Å². The SMILES string of the molecule is COc1ccc(OC)c(C2=NC(c3ccccc3)CC2)c1. The second-order valence-electron chi connectivity index (χ2n) is 5.11. The fourth-order valence-electron chi connectivity index (χ4n) is 2.75. The van der Waals surface area contributed by atoms with E-state index in [-0.39, 0.29) is 6.04 Å². The third kappa shape index (κ3) is 2.77. The molecule has 1 aliphatic heterocycles. The van der Waals surface area contributed by atoms with Gasteiger partial charge in [0, 0.05) is 11.3 Å². The summed E-state index contributed by atoms with van der Waals surface area (Å²) in [5.74, 6) is 1.68. The van der Waals surface area contributed by atoms with Crippen LogP contribution in [-0.4, -0.2) is 19.9 Å². The van der Waals surface area contributed by atoms with Gasteiger partial charge in [0.2, 0.25) is 0 Å². The van der Waals surface area contributed by atoms with Gasteiger partial charge in [-0.2, -0.15) is 0 Å². The Morgan fingerprint density at radius 2 is 1.81 bits per heavy atom. The topological polar surface area (TPSA) is 30.8 Å². The number of nitrogens with zero attached hydrogens (tertiary/aromatic N) is 1. The van der Waals surface area contributed by atoms with Crippen LogP contribution in [0.3, 0.4) is 0 Å². The molecular weight excluding hydrogens is 262 g/mol. The summed E-state index contributed by atoms with van der Waals surface area (Å²) in [5.41, 5.74) is 3.41. The number of benzene rings is 2. The first-order chi connectivity index (χ1) is 10.3. The Kier molecular flexibility index (Phi) is 3.91. The van der Waals surface area contributed by atoms with E-state index in [4.69, 9.17) is 14.5 Å². The maximum atomic E-state index is 5.46. The molecule has 108 valence electrons. The van der Waals surface area contributed by atoms with Crippen molar-refractivity contribution in [3.05, 3.63) is 59.7 Å². The minimum Gasteiger partial charge on any atom is -0.497 e. The number of methoxy groups -OCH3 is 2. The van der Waals surface area contributed by atoms with Crippen LogP contribution in [0, 0.1) is 0 Å². The fourth-order valence-corrected chi connectivity index (χ4v) is 2.75. The van der Waals surface area contributed by atoms with Crippen molar-refractivity contribution >= 4 is 5.71 Å². The van der Waals surface area contributed by atoms with E-state index < -0.39 is 0 Å². The fraction of sp³-hybridized carbons (Fsp3) is 0.278. The lowest BCUT2D eigenvalue weighted by Crippen LogP contribution is -2.00. The zero-order chi connectivity index (χ0) is 14.7. The predicted octanol–water partition coefficient (Wildman–Crippen LogP) is 4.03. The lowest BCUT2D eigenvalue weighted by molar-refractivity contribution is 0.402. The van der Waals surface area contributed by atoms with Crippen molar-refractivity contribution in [2.24, 2.45) is 4.99 Å². The molecule has 3 nitrogen and oxygen atoms in total. The minimum atomic E-state index is 0.247. The summed E-state index contributed by atoms with van der Waals surface area (Å²) in [7, 11) is 3.37. The molecule has 1 heterocycles. The first-order valence-corrected chi connectivity index (χ1v) is 7.16. The van der Waals surface area contributed by atoms with Crippen LogP contribution in [-0.2, 0) is 0 Å². The number of aliphatic imine (C=N–C) groups is 1. The number of hydrogen-bond donors (Lipinski definition) is 0. The molecule has 0 aromatic heterocycles. The minimum absolute atomic E-state index is 0.247. The molecule has 0 bridgehead atoms. The van der Waals surface area contributed by atoms with Gasteiger partial charge in [-0.25, -0.2) is 0 Å². The normalized spacial score (nSPS) is 17.4. The Labute approximate surface area is 125 Å². The molecule has 2 aromatic rings. The van der Waals surface area contributed by atoms with Gasteiger partial charge < -0.3 is 9.47 Å². The summed E-state index contributed by atoms with van der Waals surface area (Å²) in [6, 6.07) is 16.5. The summed E-state index contributed by atoms with van der Waals surface area (Å²) in [6.45, 7) is 0. The monoisotopic (exact) mass is 281 g/mol. The van der Waals surface area contributed by atoms with Crippen molar-refractivity contribution in [2.75, 3.05) is 14.2 Å². The third-order valence-corrected chi connectivity index (χ3v) is 3.87. The molecule has 0 spiro atoms. The van der Waals surface area contributed by atoms with Gasteiger partial charge in [0.15, 0.2) is 0 Å². The van der Waals surface area contributed by atoms with Crippen LogP contribution in [0.2, 0.25) is 0 Å². The van der Waals surface area contributed by atoms with E-state index in [1.807, 2.05) is 24.3 Å². The molecule has 2 aromatic carbocycles. The second-order valence-corrected chi connectivity index (χ2v) is 5.11. The van der Waals surface area contributed by atoms with E-state index >= 15 is 0 Å². The Bertz CT molecular complexity index is 650. The summed E-state index contributed by atoms with van der Waals surface area (Å²) in [6.07, 6.45) is 2.00. The van der Waals surface area contributed by atoms with Gasteiger partial charge in [0.25, 0.3) is 0 Å². The summed E-state index contributed by atoms with van der Waals surface area (Å²) in [4.78, 5) is 4.89. The molecule has 0 saturated carbocycles. The maximum Gasteiger partial charge on any atom is 0.128 e. The molecule has 3 rings (SSSR count). The Morgan fingerprint density at radius 1 is 1.00 bits per heavy atom. The van der Waals surface area contributed by atoms with Crippen molar-refractivity contribution in [3.8, 4) is 11.5 Å². The lowest BCUT2D eigenvalue weighted by Gasteiger charge is -2.10. The zero-order valence-corrected chi connectivity index (χ0v) is 12.4. The highest BCUT2D eigenvalue weighted by atomic mass is 16.5. The molecule has 0 N–H and O–H groups in total. The zero-order valence-electron chi connectivity index (χ0n) is 12.4. The second kappa shape index (κ2) is 6.00. The van der Waals surface area contributed by atoms with Gasteiger partial charge in [-0.1, -0.05) is 30.3 Å². The predicted molar refractivity (Wildman–Crippen MR) is 84.5 cm³/mol. The van der Waals surface area contributed by atoms with Gasteiger partial charge in [-0.15, -0.1) is 0 Å². The Hall–Kier alpha value is -2.29. The van der Waals surface area contributed by atoms with Crippen LogP contribution in [0.15, 0.2) is 53.5 Å². The molecule has 1 unspecified atom stereocenters. The largest absolute Gasteiger partial charge is 0.497 e. The molecule has 0 aliphatic carbocycles. The van der Waals surface area contributed by atoms with E-state index in [1.165, 1.54) is 5.56 Å². The van der Waals surface area contributed by atoms with Gasteiger partial charge in [0.05, 0.1) is 20.3 Å². The van der Waals surface area contributed by atoms with Crippen molar-refractivity contribution in [3.63, 3.8) is 0 Å². The van der Waals surface area contributed by atoms with Crippen molar-refractivity contribution in [1.29, 1.82) is 0 Å². The van der Waals surface area contributed by atoms with Crippen molar-refractivity contribution < 1.29 is 9.47 Å². The number of ether oxygens (including phenoxy) is 2. The highest BCUT2D eigenvalue weighted by Gasteiger charge is 2.22. The van der Waals surface area contributed by atoms with E-state index in [9.17, 15) is 0 Å². The average molecular weight is 281 g/mol. The summed E-state index contributed by atoms with van der Waals surface area (Å²) in [5, 5.41) is 0. The summed E-state index contributed by atoms with van der Waals surface area (Å²) >= 11 is 0. The molecule has 0 amide bonds. The van der Waals surface area contributed by atoms with Gasteiger partial charge in [-0.3, -0.25) is 4.99 Å². The molecule has 0 fully saturated rings. The molecule has 21 heavy (non-hydrogen) atoms. The molecule has 0 radical (unpaired) electrons. The van der Waals surface area contributed by atoms with Crippen LogP contribution in [0.1, 0.15) is 30.0 Å². The van der Waals surface area contributed by atoms with Crippen LogP contribution < -0.4 is 9.47 Å². The van der Waals surface area contributed by atoms with Crippen molar-refractivity contribution in [1.82, 2.24) is 0 Å². The molecular formula is C18H19NO2. The third-order valence-electron chi connectivity index (χ3n) is 3.87. The van der Waals surface area contributed by atoms with E-state index in [0.717, 1.165) is 35.6 Å². The van der Waals surface area contributed by atoms with Crippen molar-refractivity contribution in [2.45, 2.75) is 18.9 Å². The standard InChI is InChI=1S/C18H19NO2/c1-20-14-8-11-18(21-2)15(12-14)17-10-9-16(19-17)13-6-4-3-5-7-13/h3-8,11-12,16H,9-10H2,1-2H3. The van der Waals surface area contributed by atoms with Gasteiger partial charge >= 0.3 is 0 Å². The van der Waals surface area contributed by atoms with E-state index in [1.54, 1.807) is 14.2 Å². The first-order valence-electron chi connectivity index (χ1n) is 7.16. The highest BCUT2D eigenvalue weighted by molar-refractivity contribution is 6.04. The highest BCUT2D eigenvalue weighted by Crippen LogP contribution is 2.34. The Balaban J connectivity index is 1.94.